The van der Waals surface area contributed by atoms with Crippen LogP contribution in [0.25, 0.3) is 0 Å². The number of carbonyl (C=O) groups is 2. The van der Waals surface area contributed by atoms with Gasteiger partial charge in [0.05, 0.1) is 43.1 Å². The van der Waals surface area contributed by atoms with Crippen LogP contribution >= 0.6 is 0 Å². The molecule has 256 valence electrons. The number of ether oxygens (including phenoxy) is 2. The zero-order valence-corrected chi connectivity index (χ0v) is 28.3. The zero-order valence-electron chi connectivity index (χ0n) is 27.5. The first-order valence-corrected chi connectivity index (χ1v) is 17.7. The van der Waals surface area contributed by atoms with Gasteiger partial charge < -0.3 is 29.7 Å². The fraction of sp³-hybridized carbons (Fsp3) is 0.588. The lowest BCUT2D eigenvalue weighted by Gasteiger charge is -2.40. The standard InChI is InChI=1S/C34H50N2O9S/c1-5-7-15-34(16-8-6-2)24-46(42,43)29-14-11-26(35(3)4)21-28(29)32(33(34)41)25-9-12-27(13-10-25)45-20-19-44-18-17-36(22-30(37)38)23-31(39)40/h9-14,21,32-33,41H,5-8,15-20,22-24H2,1-4H3,(H,37,38)(H,39,40)/t32-,33-/m1/s1. The third-order valence-corrected chi connectivity index (χ3v) is 10.7. The average molecular weight is 663 g/mol. The number of hydrogen-bond donors (Lipinski definition) is 3. The summed E-state index contributed by atoms with van der Waals surface area (Å²) in [6, 6.07) is 12.8. The molecule has 2 atom stereocenters. The van der Waals surface area contributed by atoms with Crippen LogP contribution in [0.5, 0.6) is 5.75 Å². The molecule has 0 aliphatic carbocycles. The van der Waals surface area contributed by atoms with Gasteiger partial charge in [-0.2, -0.15) is 0 Å². The predicted octanol–water partition coefficient (Wildman–Crippen LogP) is 4.27. The number of nitrogens with zero attached hydrogens (tertiary/aromatic N) is 2. The van der Waals surface area contributed by atoms with Crippen LogP contribution in [0, 0.1) is 5.41 Å². The average Bonchev–Trinajstić information content (AvgIpc) is 3.06. The molecule has 1 heterocycles. The number of anilines is 1. The molecule has 0 amide bonds. The Morgan fingerprint density at radius 3 is 2.07 bits per heavy atom. The Labute approximate surface area is 273 Å². The maximum absolute atomic E-state index is 14.0. The summed E-state index contributed by atoms with van der Waals surface area (Å²) < 4.78 is 39.4. The number of aliphatic carboxylic acids is 2. The summed E-state index contributed by atoms with van der Waals surface area (Å²) in [5.41, 5.74) is 1.48. The van der Waals surface area contributed by atoms with E-state index < -0.39 is 39.2 Å². The number of aliphatic hydroxyl groups excluding tert-OH is 1. The summed E-state index contributed by atoms with van der Waals surface area (Å²) in [5.74, 6) is -2.29. The van der Waals surface area contributed by atoms with E-state index in [4.69, 9.17) is 19.7 Å². The largest absolute Gasteiger partial charge is 0.491 e. The molecule has 0 saturated heterocycles. The monoisotopic (exact) mass is 662 g/mol. The van der Waals surface area contributed by atoms with Crippen LogP contribution in [-0.2, 0) is 24.2 Å². The Morgan fingerprint density at radius 1 is 0.913 bits per heavy atom. The summed E-state index contributed by atoms with van der Waals surface area (Å²) in [4.78, 5) is 25.4. The molecule has 0 fully saturated rings. The van der Waals surface area contributed by atoms with Crippen molar-refractivity contribution in [3.63, 3.8) is 0 Å². The van der Waals surface area contributed by atoms with Gasteiger partial charge in [0.25, 0.3) is 0 Å². The molecular formula is C34H50N2O9S. The number of carboxylic acids is 2. The van der Waals surface area contributed by atoms with Crippen molar-refractivity contribution in [2.75, 3.05) is 64.2 Å². The van der Waals surface area contributed by atoms with E-state index in [1.165, 1.54) is 4.90 Å². The number of unbranched alkanes of at least 4 members (excludes halogenated alkanes) is 2. The van der Waals surface area contributed by atoms with Crippen molar-refractivity contribution in [3.8, 4) is 5.75 Å². The van der Waals surface area contributed by atoms with Gasteiger partial charge in [0, 0.05) is 37.7 Å². The minimum Gasteiger partial charge on any atom is -0.491 e. The first-order valence-electron chi connectivity index (χ1n) is 16.0. The molecule has 0 bridgehead atoms. The Kier molecular flexibility index (Phi) is 13.9. The van der Waals surface area contributed by atoms with E-state index in [2.05, 4.69) is 13.8 Å². The molecule has 0 spiro atoms. The number of sulfone groups is 1. The highest BCUT2D eigenvalue weighted by Crippen LogP contribution is 2.50. The highest BCUT2D eigenvalue weighted by molar-refractivity contribution is 7.91. The Morgan fingerprint density at radius 2 is 1.52 bits per heavy atom. The summed E-state index contributed by atoms with van der Waals surface area (Å²) >= 11 is 0. The quantitative estimate of drug-likeness (QED) is 0.185. The molecule has 1 aliphatic rings. The van der Waals surface area contributed by atoms with Crippen molar-refractivity contribution >= 4 is 27.5 Å². The van der Waals surface area contributed by atoms with E-state index >= 15 is 0 Å². The van der Waals surface area contributed by atoms with Crippen LogP contribution in [0.2, 0.25) is 0 Å². The van der Waals surface area contributed by atoms with Crippen molar-refractivity contribution in [2.24, 2.45) is 5.41 Å². The lowest BCUT2D eigenvalue weighted by molar-refractivity contribution is -0.142. The summed E-state index contributed by atoms with van der Waals surface area (Å²) in [7, 11) is 0.125. The van der Waals surface area contributed by atoms with Gasteiger partial charge in [-0.05, 0) is 54.3 Å². The minimum absolute atomic E-state index is 0.0858. The molecule has 3 rings (SSSR count). The van der Waals surface area contributed by atoms with Crippen LogP contribution < -0.4 is 9.64 Å². The Bertz CT molecular complexity index is 1370. The van der Waals surface area contributed by atoms with Crippen LogP contribution in [0.1, 0.15) is 69.4 Å². The third kappa shape index (κ3) is 9.90. The number of aliphatic hydroxyl groups is 1. The molecule has 0 radical (unpaired) electrons. The maximum Gasteiger partial charge on any atom is 0.317 e. The SMILES string of the molecule is CCCCC1(CCCC)CS(=O)(=O)c2ccc(N(C)C)cc2[C@@H](c2ccc(OCCOCCN(CC(=O)O)CC(=O)O)cc2)[C@H]1O. The molecule has 1 aliphatic heterocycles. The second kappa shape index (κ2) is 17.1. The first-order chi connectivity index (χ1) is 21.8. The van der Waals surface area contributed by atoms with Gasteiger partial charge in [-0.1, -0.05) is 51.7 Å². The molecule has 0 unspecified atom stereocenters. The van der Waals surface area contributed by atoms with Crippen molar-refractivity contribution in [2.45, 2.75) is 69.3 Å². The molecule has 2 aromatic rings. The van der Waals surface area contributed by atoms with E-state index in [9.17, 15) is 23.1 Å². The van der Waals surface area contributed by atoms with Gasteiger partial charge in [-0.15, -0.1) is 0 Å². The molecule has 11 nitrogen and oxygen atoms in total. The Balaban J connectivity index is 1.83. The normalized spacial score (nSPS) is 18.5. The fourth-order valence-corrected chi connectivity index (χ4v) is 8.46. The number of hydrogen-bond acceptors (Lipinski definition) is 9. The highest BCUT2D eigenvalue weighted by atomic mass is 32.2. The number of benzene rings is 2. The summed E-state index contributed by atoms with van der Waals surface area (Å²) in [5, 5.41) is 30.2. The third-order valence-electron chi connectivity index (χ3n) is 8.66. The molecule has 46 heavy (non-hydrogen) atoms. The fourth-order valence-electron chi connectivity index (χ4n) is 6.27. The van der Waals surface area contributed by atoms with Crippen molar-refractivity contribution in [1.29, 1.82) is 0 Å². The van der Waals surface area contributed by atoms with E-state index in [1.807, 2.05) is 43.3 Å². The van der Waals surface area contributed by atoms with Gasteiger partial charge in [-0.3, -0.25) is 14.5 Å². The lowest BCUT2D eigenvalue weighted by Crippen LogP contribution is -2.43. The van der Waals surface area contributed by atoms with E-state index in [0.29, 0.717) is 24.2 Å². The van der Waals surface area contributed by atoms with Crippen molar-refractivity contribution in [1.82, 2.24) is 4.90 Å². The smallest absolute Gasteiger partial charge is 0.317 e. The molecule has 2 aromatic carbocycles. The van der Waals surface area contributed by atoms with Crippen molar-refractivity contribution < 1.29 is 42.8 Å². The van der Waals surface area contributed by atoms with Gasteiger partial charge in [0.15, 0.2) is 9.84 Å². The maximum atomic E-state index is 14.0. The first kappa shape index (κ1) is 37.3. The molecule has 12 heteroatoms. The molecular weight excluding hydrogens is 612 g/mol. The van der Waals surface area contributed by atoms with Crippen LogP contribution in [0.15, 0.2) is 47.4 Å². The van der Waals surface area contributed by atoms with Gasteiger partial charge in [-0.25, -0.2) is 8.42 Å². The number of carboxylic acid groups (broad SMARTS) is 2. The zero-order chi connectivity index (χ0) is 33.9. The van der Waals surface area contributed by atoms with Gasteiger partial charge in [0.1, 0.15) is 12.4 Å². The second-order valence-corrected chi connectivity index (χ2v) is 14.4. The summed E-state index contributed by atoms with van der Waals surface area (Å²) in [6.07, 6.45) is 3.80. The number of fused-ring (bicyclic) bond motifs is 1. The van der Waals surface area contributed by atoms with Crippen LogP contribution in [-0.4, -0.2) is 106 Å². The highest BCUT2D eigenvalue weighted by Gasteiger charge is 2.49. The van der Waals surface area contributed by atoms with E-state index in [1.54, 1.807) is 18.2 Å². The lowest BCUT2D eigenvalue weighted by atomic mass is 9.68. The van der Waals surface area contributed by atoms with Gasteiger partial charge in [0.2, 0.25) is 0 Å². The van der Waals surface area contributed by atoms with Crippen LogP contribution in [0.3, 0.4) is 0 Å². The minimum atomic E-state index is -3.69. The molecule has 3 N–H and O–H groups in total. The number of rotatable bonds is 19. The van der Waals surface area contributed by atoms with E-state index in [-0.39, 0.29) is 50.1 Å². The van der Waals surface area contributed by atoms with E-state index in [0.717, 1.165) is 36.9 Å². The van der Waals surface area contributed by atoms with Crippen molar-refractivity contribution in [3.05, 3.63) is 53.6 Å². The molecule has 0 aromatic heterocycles. The molecule has 0 saturated carbocycles. The van der Waals surface area contributed by atoms with Gasteiger partial charge >= 0.3 is 11.9 Å². The topological polar surface area (TPSA) is 154 Å². The second-order valence-electron chi connectivity index (χ2n) is 12.4. The van der Waals surface area contributed by atoms with Crippen LogP contribution in [0.4, 0.5) is 5.69 Å². The predicted molar refractivity (Wildman–Crippen MR) is 177 cm³/mol. The summed E-state index contributed by atoms with van der Waals surface area (Å²) in [6.45, 7) is 4.12. The Hall–Kier alpha value is -3.19.